The molecule has 1 fully saturated rings. The number of carbonyl (C=O) groups excluding carboxylic acids is 1. The minimum absolute atomic E-state index is 0. The highest BCUT2D eigenvalue weighted by atomic mass is 16.7. The number of amides is 1. The molecule has 0 atom stereocenters. The summed E-state index contributed by atoms with van der Waals surface area (Å²) in [6.07, 6.45) is 1.68. The fourth-order valence-corrected chi connectivity index (χ4v) is 4.38. The minimum Gasteiger partial charge on any atom is -0.454 e. The van der Waals surface area contributed by atoms with Gasteiger partial charge in [-0.15, -0.1) is 0 Å². The van der Waals surface area contributed by atoms with Gasteiger partial charge in [0.05, 0.1) is 5.41 Å². The third-order valence-electron chi connectivity index (χ3n) is 6.37. The summed E-state index contributed by atoms with van der Waals surface area (Å²) in [6, 6.07) is 20.6. The number of carbonyl (C=O) groups is 1. The number of aryl methyl sites for hydroxylation is 1. The quantitative estimate of drug-likeness (QED) is 0.571. The highest BCUT2D eigenvalue weighted by molar-refractivity contribution is 6.02. The standard InChI is InChI=1S/C27H28N2O3.H2/c1-18-4-10-22(15-23(18)20-7-5-19(6-8-20)16-29(2)3)28-26(30)27(12-13-27)21-9-11-24-25(14-21)32-17-31-24;/h4-11,14-15H,12-13,16-17H2,1-3H3,(H,28,30);1H. The maximum absolute atomic E-state index is 13.3. The molecule has 0 unspecified atom stereocenters. The van der Waals surface area contributed by atoms with Gasteiger partial charge in [0, 0.05) is 13.7 Å². The summed E-state index contributed by atoms with van der Waals surface area (Å²) in [5, 5.41) is 3.17. The lowest BCUT2D eigenvalue weighted by Crippen LogP contribution is -2.27. The first-order chi connectivity index (χ1) is 15.4. The first-order valence-electron chi connectivity index (χ1n) is 11.0. The molecule has 1 N–H and O–H groups in total. The number of hydrogen-bond acceptors (Lipinski definition) is 4. The molecule has 5 nitrogen and oxygen atoms in total. The van der Waals surface area contributed by atoms with E-state index in [2.05, 4.69) is 67.6 Å². The van der Waals surface area contributed by atoms with E-state index in [0.717, 1.165) is 53.3 Å². The number of ether oxygens (including phenoxy) is 2. The molecule has 5 rings (SSSR count). The molecular weight excluding hydrogens is 400 g/mol. The topological polar surface area (TPSA) is 50.8 Å². The van der Waals surface area contributed by atoms with E-state index in [4.69, 9.17) is 9.47 Å². The van der Waals surface area contributed by atoms with Crippen molar-refractivity contribution in [2.24, 2.45) is 0 Å². The SMILES string of the molecule is Cc1ccc(NC(=O)C2(c3ccc4c(c3)OCO4)CC2)cc1-c1ccc(CN(C)C)cc1.[HH]. The zero-order valence-electron chi connectivity index (χ0n) is 18.8. The normalized spacial score (nSPS) is 15.6. The fraction of sp³-hybridized carbons (Fsp3) is 0.296. The van der Waals surface area contributed by atoms with Crippen LogP contribution in [0.3, 0.4) is 0 Å². The van der Waals surface area contributed by atoms with Crippen LogP contribution in [0.4, 0.5) is 5.69 Å². The Balaban J connectivity index is 0.00000259. The molecule has 3 aromatic carbocycles. The first-order valence-corrected chi connectivity index (χ1v) is 11.0. The number of hydrogen-bond donors (Lipinski definition) is 1. The molecule has 1 aliphatic carbocycles. The Morgan fingerprint density at radius 3 is 2.47 bits per heavy atom. The van der Waals surface area contributed by atoms with E-state index >= 15 is 0 Å². The molecule has 0 radical (unpaired) electrons. The molecule has 0 saturated heterocycles. The lowest BCUT2D eigenvalue weighted by Gasteiger charge is -2.17. The largest absolute Gasteiger partial charge is 0.454 e. The van der Waals surface area contributed by atoms with Gasteiger partial charge in [-0.1, -0.05) is 36.4 Å². The van der Waals surface area contributed by atoms with Crippen LogP contribution in [0.25, 0.3) is 11.1 Å². The third-order valence-corrected chi connectivity index (χ3v) is 6.37. The van der Waals surface area contributed by atoms with Crippen LogP contribution >= 0.6 is 0 Å². The van der Waals surface area contributed by atoms with Crippen LogP contribution in [0.15, 0.2) is 60.7 Å². The molecule has 0 spiro atoms. The smallest absolute Gasteiger partial charge is 0.235 e. The van der Waals surface area contributed by atoms with Gasteiger partial charge in [-0.25, -0.2) is 0 Å². The van der Waals surface area contributed by atoms with Crippen LogP contribution in [-0.4, -0.2) is 31.7 Å². The maximum Gasteiger partial charge on any atom is 0.235 e. The minimum atomic E-state index is -0.486. The van der Waals surface area contributed by atoms with Gasteiger partial charge in [0.15, 0.2) is 11.5 Å². The summed E-state index contributed by atoms with van der Waals surface area (Å²) in [5.74, 6) is 1.49. The second-order valence-corrected chi connectivity index (χ2v) is 9.07. The Morgan fingerprint density at radius 1 is 1.00 bits per heavy atom. The second-order valence-electron chi connectivity index (χ2n) is 9.07. The van der Waals surface area contributed by atoms with E-state index < -0.39 is 5.41 Å². The average molecular weight is 431 g/mol. The molecule has 1 saturated carbocycles. The Labute approximate surface area is 190 Å². The van der Waals surface area contributed by atoms with E-state index in [1.807, 2.05) is 24.3 Å². The molecule has 1 aliphatic heterocycles. The van der Waals surface area contributed by atoms with Crippen molar-refractivity contribution in [1.29, 1.82) is 0 Å². The molecule has 0 aromatic heterocycles. The van der Waals surface area contributed by atoms with E-state index in [1.54, 1.807) is 0 Å². The molecule has 0 bridgehead atoms. The van der Waals surface area contributed by atoms with E-state index in [0.29, 0.717) is 0 Å². The second kappa shape index (κ2) is 7.99. The molecule has 166 valence electrons. The van der Waals surface area contributed by atoms with Gasteiger partial charge in [-0.3, -0.25) is 4.79 Å². The van der Waals surface area contributed by atoms with Gasteiger partial charge in [0.2, 0.25) is 12.7 Å². The molecule has 1 amide bonds. The van der Waals surface area contributed by atoms with E-state index in [9.17, 15) is 4.79 Å². The molecule has 1 heterocycles. The molecule has 32 heavy (non-hydrogen) atoms. The van der Waals surface area contributed by atoms with Crippen LogP contribution < -0.4 is 14.8 Å². The first kappa shape index (κ1) is 20.6. The van der Waals surface area contributed by atoms with Crippen molar-refractivity contribution >= 4 is 11.6 Å². The predicted molar refractivity (Wildman–Crippen MR) is 128 cm³/mol. The summed E-state index contributed by atoms with van der Waals surface area (Å²) in [5.41, 5.74) is 6.06. The van der Waals surface area contributed by atoms with Crippen LogP contribution in [0.1, 0.15) is 31.0 Å². The van der Waals surface area contributed by atoms with Gasteiger partial charge in [-0.05, 0) is 85.9 Å². The third kappa shape index (κ3) is 3.84. The van der Waals surface area contributed by atoms with Crippen molar-refractivity contribution in [3.05, 3.63) is 77.4 Å². The van der Waals surface area contributed by atoms with Crippen molar-refractivity contribution < 1.29 is 15.7 Å². The lowest BCUT2D eigenvalue weighted by molar-refractivity contribution is -0.118. The predicted octanol–water partition coefficient (Wildman–Crippen LogP) is 5.37. The molecule has 2 aliphatic rings. The number of nitrogens with one attached hydrogen (secondary N) is 1. The monoisotopic (exact) mass is 430 g/mol. The van der Waals surface area contributed by atoms with Crippen LogP contribution in [0.5, 0.6) is 11.5 Å². The summed E-state index contributed by atoms with van der Waals surface area (Å²) < 4.78 is 10.9. The average Bonchev–Trinajstić information content (AvgIpc) is 3.46. The summed E-state index contributed by atoms with van der Waals surface area (Å²) >= 11 is 0. The van der Waals surface area contributed by atoms with Gasteiger partial charge in [0.25, 0.3) is 0 Å². The van der Waals surface area contributed by atoms with Gasteiger partial charge in [-0.2, -0.15) is 0 Å². The summed E-state index contributed by atoms with van der Waals surface area (Å²) in [4.78, 5) is 15.4. The van der Waals surface area contributed by atoms with Crippen LogP contribution in [0.2, 0.25) is 0 Å². The summed E-state index contributed by atoms with van der Waals surface area (Å²) in [7, 11) is 4.14. The molecule has 5 heteroatoms. The van der Waals surface area contributed by atoms with E-state index in [-0.39, 0.29) is 14.1 Å². The Kier molecular flexibility index (Phi) is 5.14. The maximum atomic E-state index is 13.3. The zero-order chi connectivity index (χ0) is 22.3. The van der Waals surface area contributed by atoms with Crippen molar-refractivity contribution in [2.75, 3.05) is 26.2 Å². The van der Waals surface area contributed by atoms with E-state index in [1.165, 1.54) is 11.1 Å². The number of fused-ring (bicyclic) bond motifs is 1. The molecular formula is C27H30N2O3. The number of benzene rings is 3. The highest BCUT2D eigenvalue weighted by Crippen LogP contribution is 2.51. The van der Waals surface area contributed by atoms with Crippen molar-refractivity contribution in [1.82, 2.24) is 4.90 Å². The zero-order valence-corrected chi connectivity index (χ0v) is 18.8. The Bertz CT molecular complexity index is 1170. The van der Waals surface area contributed by atoms with Gasteiger partial charge in [0.1, 0.15) is 0 Å². The van der Waals surface area contributed by atoms with Crippen LogP contribution in [0, 0.1) is 6.92 Å². The Hall–Kier alpha value is -3.31. The van der Waals surface area contributed by atoms with Gasteiger partial charge < -0.3 is 19.7 Å². The van der Waals surface area contributed by atoms with Gasteiger partial charge >= 0.3 is 0 Å². The number of rotatable bonds is 6. The fourth-order valence-electron chi connectivity index (χ4n) is 4.38. The van der Waals surface area contributed by atoms with Crippen LogP contribution in [-0.2, 0) is 16.8 Å². The highest BCUT2D eigenvalue weighted by Gasteiger charge is 2.51. The van der Waals surface area contributed by atoms with Crippen molar-refractivity contribution in [3.8, 4) is 22.6 Å². The number of nitrogens with zero attached hydrogens (tertiary/aromatic N) is 1. The van der Waals surface area contributed by atoms with Crippen molar-refractivity contribution in [3.63, 3.8) is 0 Å². The summed E-state index contributed by atoms with van der Waals surface area (Å²) in [6.45, 7) is 3.25. The Morgan fingerprint density at radius 2 is 1.75 bits per heavy atom. The molecule has 3 aromatic rings. The number of anilines is 1. The lowest BCUT2D eigenvalue weighted by atomic mass is 9.94. The van der Waals surface area contributed by atoms with Crippen molar-refractivity contribution in [2.45, 2.75) is 31.7 Å².